The van der Waals surface area contributed by atoms with E-state index in [9.17, 15) is 0 Å². The van der Waals surface area contributed by atoms with Crippen molar-refractivity contribution in [3.63, 3.8) is 0 Å². The van der Waals surface area contributed by atoms with Crippen LogP contribution in [0.3, 0.4) is 0 Å². The van der Waals surface area contributed by atoms with Crippen LogP contribution in [0.15, 0.2) is 168 Å². The van der Waals surface area contributed by atoms with Gasteiger partial charge in [-0.05, 0) is 75.8 Å². The lowest BCUT2D eigenvalue weighted by Crippen LogP contribution is -1.93. The zero-order chi connectivity index (χ0) is 29.0. The van der Waals surface area contributed by atoms with Crippen LogP contribution in [0.1, 0.15) is 0 Å². The van der Waals surface area contributed by atoms with Crippen LogP contribution < -0.4 is 0 Å². The van der Waals surface area contributed by atoms with Crippen molar-refractivity contribution in [2.45, 2.75) is 0 Å². The summed E-state index contributed by atoms with van der Waals surface area (Å²) in [4.78, 5) is 0. The Labute approximate surface area is 255 Å². The summed E-state index contributed by atoms with van der Waals surface area (Å²) in [6.07, 6.45) is 0. The molecule has 0 aliphatic rings. The number of para-hydroxylation sites is 2. The third kappa shape index (κ3) is 3.89. The second-order valence-corrected chi connectivity index (χ2v) is 11.4. The second kappa shape index (κ2) is 9.86. The Kier molecular flexibility index (Phi) is 5.54. The van der Waals surface area contributed by atoms with Gasteiger partial charge in [0.25, 0.3) is 0 Å². The van der Waals surface area contributed by atoms with Gasteiger partial charge in [0.2, 0.25) is 0 Å². The van der Waals surface area contributed by atoms with Crippen molar-refractivity contribution in [2.24, 2.45) is 0 Å². The highest BCUT2D eigenvalue weighted by Crippen LogP contribution is 2.40. The van der Waals surface area contributed by atoms with E-state index in [1.165, 1.54) is 60.6 Å². The van der Waals surface area contributed by atoms with Gasteiger partial charge < -0.3 is 8.98 Å². The first kappa shape index (κ1) is 24.7. The van der Waals surface area contributed by atoms with Gasteiger partial charge in [0, 0.05) is 27.2 Å². The maximum absolute atomic E-state index is 6.20. The van der Waals surface area contributed by atoms with Gasteiger partial charge in [-0.1, -0.05) is 121 Å². The lowest BCUT2D eigenvalue weighted by Gasteiger charge is -2.10. The van der Waals surface area contributed by atoms with Crippen LogP contribution in [0.4, 0.5) is 0 Å². The van der Waals surface area contributed by atoms with E-state index in [-0.39, 0.29) is 0 Å². The molecular weight excluding hydrogens is 534 g/mol. The molecule has 206 valence electrons. The summed E-state index contributed by atoms with van der Waals surface area (Å²) >= 11 is 0. The van der Waals surface area contributed by atoms with Crippen LogP contribution >= 0.6 is 0 Å². The van der Waals surface area contributed by atoms with E-state index in [4.69, 9.17) is 4.42 Å². The van der Waals surface area contributed by atoms with E-state index >= 15 is 0 Å². The van der Waals surface area contributed by atoms with Gasteiger partial charge in [-0.15, -0.1) is 0 Å². The molecule has 9 rings (SSSR count). The molecule has 0 radical (unpaired) electrons. The summed E-state index contributed by atoms with van der Waals surface area (Å²) in [6.45, 7) is 0. The summed E-state index contributed by atoms with van der Waals surface area (Å²) in [5.74, 6) is 0. The van der Waals surface area contributed by atoms with E-state index in [0.29, 0.717) is 0 Å². The third-order valence-electron chi connectivity index (χ3n) is 8.84. The minimum Gasteiger partial charge on any atom is -0.456 e. The molecular formula is C42H27NO. The fraction of sp³-hybridized carbons (Fsp3) is 0. The van der Waals surface area contributed by atoms with Crippen LogP contribution in [-0.2, 0) is 0 Å². The van der Waals surface area contributed by atoms with Crippen LogP contribution in [0.2, 0.25) is 0 Å². The summed E-state index contributed by atoms with van der Waals surface area (Å²) < 4.78 is 8.58. The number of rotatable bonds is 4. The van der Waals surface area contributed by atoms with Gasteiger partial charge in [-0.2, -0.15) is 0 Å². The Morgan fingerprint density at radius 1 is 0.364 bits per heavy atom. The fourth-order valence-corrected chi connectivity index (χ4v) is 6.72. The Hall–Kier alpha value is -5.86. The molecule has 0 aliphatic carbocycles. The van der Waals surface area contributed by atoms with Crippen molar-refractivity contribution < 1.29 is 4.42 Å². The molecule has 2 aromatic heterocycles. The predicted octanol–water partition coefficient (Wildman–Crippen LogP) is 11.7. The number of benzene rings is 7. The summed E-state index contributed by atoms with van der Waals surface area (Å²) in [5, 5.41) is 4.80. The van der Waals surface area contributed by atoms with E-state index in [1.807, 2.05) is 12.1 Å². The van der Waals surface area contributed by atoms with Crippen molar-refractivity contribution in [1.82, 2.24) is 4.57 Å². The van der Waals surface area contributed by atoms with Gasteiger partial charge in [-0.3, -0.25) is 0 Å². The highest BCUT2D eigenvalue weighted by molar-refractivity contribution is 6.15. The molecule has 0 saturated carbocycles. The maximum atomic E-state index is 6.20. The first-order valence-electron chi connectivity index (χ1n) is 15.0. The summed E-state index contributed by atoms with van der Waals surface area (Å²) in [7, 11) is 0. The monoisotopic (exact) mass is 561 g/mol. The minimum absolute atomic E-state index is 0.918. The maximum Gasteiger partial charge on any atom is 0.136 e. The summed E-state index contributed by atoms with van der Waals surface area (Å²) in [5.41, 5.74) is 12.6. The number of fused-ring (bicyclic) bond motifs is 6. The Bertz CT molecular complexity index is 2460. The van der Waals surface area contributed by atoms with Crippen LogP contribution in [-0.4, -0.2) is 4.57 Å². The van der Waals surface area contributed by atoms with Crippen molar-refractivity contribution in [2.75, 3.05) is 0 Å². The van der Waals surface area contributed by atoms with Crippen molar-refractivity contribution in [3.8, 4) is 39.1 Å². The van der Waals surface area contributed by atoms with Crippen LogP contribution in [0.5, 0.6) is 0 Å². The van der Waals surface area contributed by atoms with Crippen LogP contribution in [0, 0.1) is 0 Å². The Morgan fingerprint density at radius 2 is 0.932 bits per heavy atom. The van der Waals surface area contributed by atoms with Gasteiger partial charge >= 0.3 is 0 Å². The lowest BCUT2D eigenvalue weighted by atomic mass is 9.98. The van der Waals surface area contributed by atoms with E-state index in [0.717, 1.165) is 22.2 Å². The predicted molar refractivity (Wildman–Crippen MR) is 184 cm³/mol. The van der Waals surface area contributed by atoms with Crippen molar-refractivity contribution in [3.05, 3.63) is 164 Å². The van der Waals surface area contributed by atoms with Crippen molar-refractivity contribution >= 4 is 43.7 Å². The molecule has 0 N–H and O–H groups in total. The molecule has 2 nitrogen and oxygen atoms in total. The quantitative estimate of drug-likeness (QED) is 0.209. The molecule has 0 fully saturated rings. The molecule has 7 aromatic carbocycles. The number of hydrogen-bond donors (Lipinski definition) is 0. The molecule has 9 aromatic rings. The smallest absolute Gasteiger partial charge is 0.136 e. The topological polar surface area (TPSA) is 18.1 Å². The Balaban J connectivity index is 1.14. The third-order valence-corrected chi connectivity index (χ3v) is 8.84. The zero-order valence-electron chi connectivity index (χ0n) is 23.9. The lowest BCUT2D eigenvalue weighted by molar-refractivity contribution is 0.669. The normalized spacial score (nSPS) is 11.6. The molecule has 0 unspecified atom stereocenters. The number of hydrogen-bond acceptors (Lipinski definition) is 1. The Morgan fingerprint density at radius 3 is 1.70 bits per heavy atom. The van der Waals surface area contributed by atoms with Gasteiger partial charge in [0.15, 0.2) is 0 Å². The van der Waals surface area contributed by atoms with E-state index < -0.39 is 0 Å². The standard InChI is InChI=1S/C42H27NO/c1-2-9-28(10-3-1)29-17-19-30(20-18-29)31-21-24-33(25-22-31)43-38-14-6-4-11-35(38)37-27-32(23-26-39(37)43)34-13-8-16-41-42(34)36-12-5-7-15-40(36)44-41/h1-27H. The second-order valence-electron chi connectivity index (χ2n) is 11.4. The molecule has 0 aliphatic heterocycles. The van der Waals surface area contributed by atoms with Gasteiger partial charge in [-0.25, -0.2) is 0 Å². The first-order valence-corrected chi connectivity index (χ1v) is 15.0. The molecule has 2 heterocycles. The number of furan rings is 1. The number of nitrogens with zero attached hydrogens (tertiary/aromatic N) is 1. The fourth-order valence-electron chi connectivity index (χ4n) is 6.72. The largest absolute Gasteiger partial charge is 0.456 e. The highest BCUT2D eigenvalue weighted by Gasteiger charge is 2.16. The van der Waals surface area contributed by atoms with Crippen molar-refractivity contribution in [1.29, 1.82) is 0 Å². The highest BCUT2D eigenvalue weighted by atomic mass is 16.3. The number of aromatic nitrogens is 1. The SMILES string of the molecule is c1ccc(-c2ccc(-c3ccc(-n4c5ccccc5c5cc(-c6cccc7oc8ccccc8c67)ccc54)cc3)cc2)cc1. The molecule has 0 bridgehead atoms. The summed E-state index contributed by atoms with van der Waals surface area (Å²) in [6, 6.07) is 58.5. The first-order chi connectivity index (χ1) is 21.8. The van der Waals surface area contributed by atoms with E-state index in [1.54, 1.807) is 0 Å². The minimum atomic E-state index is 0.918. The average Bonchev–Trinajstić information content (AvgIpc) is 3.64. The molecule has 0 amide bonds. The molecule has 0 atom stereocenters. The van der Waals surface area contributed by atoms with Gasteiger partial charge in [0.05, 0.1) is 11.0 Å². The zero-order valence-corrected chi connectivity index (χ0v) is 23.9. The molecule has 0 saturated heterocycles. The molecule has 0 spiro atoms. The van der Waals surface area contributed by atoms with Gasteiger partial charge in [0.1, 0.15) is 11.2 Å². The molecule has 2 heteroatoms. The average molecular weight is 562 g/mol. The van der Waals surface area contributed by atoms with Crippen LogP contribution in [0.25, 0.3) is 82.8 Å². The van der Waals surface area contributed by atoms with E-state index in [2.05, 4.69) is 156 Å². The molecule has 44 heavy (non-hydrogen) atoms.